The van der Waals surface area contributed by atoms with E-state index in [4.69, 9.17) is 4.74 Å². The molecule has 0 aliphatic rings. The van der Waals surface area contributed by atoms with E-state index in [9.17, 15) is 4.79 Å². The Hall–Kier alpha value is -0.650. The summed E-state index contributed by atoms with van der Waals surface area (Å²) in [6.07, 6.45) is 0. The molecule has 1 aromatic heterocycles. The number of hydrogen-bond donors (Lipinski definition) is 0. The number of ketones is 1. The van der Waals surface area contributed by atoms with Crippen LogP contribution >= 0.6 is 43.2 Å². The third-order valence-corrected chi connectivity index (χ3v) is 5.75. The Morgan fingerprint density at radius 1 is 1.35 bits per heavy atom. The van der Waals surface area contributed by atoms with E-state index in [0.717, 1.165) is 8.95 Å². The number of hydrogen-bond acceptors (Lipinski definition) is 3. The molecular formula is C12H8Br2O2S. The summed E-state index contributed by atoms with van der Waals surface area (Å²) in [6.45, 7) is 0. The Bertz CT molecular complexity index is 563. The van der Waals surface area contributed by atoms with Gasteiger partial charge in [0.2, 0.25) is 5.78 Å². The highest BCUT2D eigenvalue weighted by molar-refractivity contribution is 9.13. The second-order valence-corrected chi connectivity index (χ2v) is 5.81. The molecule has 2 nitrogen and oxygen atoms in total. The smallest absolute Gasteiger partial charge is 0.204 e. The van der Waals surface area contributed by atoms with E-state index in [1.54, 1.807) is 19.2 Å². The van der Waals surface area contributed by atoms with E-state index in [1.807, 2.05) is 17.5 Å². The third-order valence-electron chi connectivity index (χ3n) is 2.23. The number of thiophene rings is 1. The third kappa shape index (κ3) is 2.61. The maximum Gasteiger partial charge on any atom is 0.204 e. The molecule has 0 saturated heterocycles. The number of carbonyl (C=O) groups excluding carboxylic acids is 1. The monoisotopic (exact) mass is 374 g/mol. The Balaban J connectivity index is 2.40. The van der Waals surface area contributed by atoms with E-state index in [2.05, 4.69) is 31.9 Å². The fourth-order valence-corrected chi connectivity index (χ4v) is 3.48. The number of carbonyl (C=O) groups is 1. The lowest BCUT2D eigenvalue weighted by Crippen LogP contribution is -1.99. The van der Waals surface area contributed by atoms with Crippen molar-refractivity contribution in [3.8, 4) is 5.75 Å². The minimum atomic E-state index is -0.00789. The molecule has 0 amide bonds. The van der Waals surface area contributed by atoms with Gasteiger partial charge in [-0.05, 0) is 44.0 Å². The quantitative estimate of drug-likeness (QED) is 0.737. The van der Waals surface area contributed by atoms with Crippen LogP contribution in [0.15, 0.2) is 38.6 Å². The normalized spacial score (nSPS) is 10.3. The van der Waals surface area contributed by atoms with Crippen LogP contribution in [0, 0.1) is 0 Å². The zero-order valence-electron chi connectivity index (χ0n) is 8.87. The van der Waals surface area contributed by atoms with Crippen LogP contribution < -0.4 is 4.74 Å². The van der Waals surface area contributed by atoms with Crippen molar-refractivity contribution in [1.82, 2.24) is 0 Å². The molecule has 0 spiro atoms. The molecule has 0 aliphatic carbocycles. The first-order chi connectivity index (χ1) is 8.13. The molecule has 0 atom stereocenters. The molecule has 5 heteroatoms. The molecule has 0 radical (unpaired) electrons. The number of benzene rings is 1. The summed E-state index contributed by atoms with van der Waals surface area (Å²) < 4.78 is 6.80. The van der Waals surface area contributed by atoms with E-state index < -0.39 is 0 Å². The van der Waals surface area contributed by atoms with Gasteiger partial charge in [0.05, 0.1) is 16.5 Å². The SMILES string of the molecule is COc1cccc(C(=O)c2scc(Br)c2Br)c1. The minimum absolute atomic E-state index is 0.00789. The summed E-state index contributed by atoms with van der Waals surface area (Å²) in [5, 5.41) is 1.89. The summed E-state index contributed by atoms with van der Waals surface area (Å²) in [5.74, 6) is 0.675. The van der Waals surface area contributed by atoms with Gasteiger partial charge < -0.3 is 4.74 Å². The molecule has 0 fully saturated rings. The van der Waals surface area contributed by atoms with Crippen LogP contribution in [-0.4, -0.2) is 12.9 Å². The summed E-state index contributed by atoms with van der Waals surface area (Å²) >= 11 is 8.18. The predicted octanol–water partition coefficient (Wildman–Crippen LogP) is 4.51. The summed E-state index contributed by atoms with van der Waals surface area (Å²) in [7, 11) is 1.58. The number of ether oxygens (including phenoxy) is 1. The van der Waals surface area contributed by atoms with Crippen molar-refractivity contribution in [2.24, 2.45) is 0 Å². The van der Waals surface area contributed by atoms with Gasteiger partial charge in [0.1, 0.15) is 5.75 Å². The molecule has 1 heterocycles. The van der Waals surface area contributed by atoms with Gasteiger partial charge in [-0.3, -0.25) is 4.79 Å². The van der Waals surface area contributed by atoms with Crippen LogP contribution in [0.3, 0.4) is 0 Å². The molecule has 88 valence electrons. The first-order valence-corrected chi connectivity index (χ1v) is 7.21. The lowest BCUT2D eigenvalue weighted by Gasteiger charge is -2.03. The standard InChI is InChI=1S/C12H8Br2O2S/c1-16-8-4-2-3-7(5-8)11(15)12-10(14)9(13)6-17-12/h2-6H,1H3. The van der Waals surface area contributed by atoms with Crippen LogP contribution in [0.1, 0.15) is 15.2 Å². The van der Waals surface area contributed by atoms with E-state index >= 15 is 0 Å². The van der Waals surface area contributed by atoms with E-state index in [1.165, 1.54) is 11.3 Å². The van der Waals surface area contributed by atoms with Crippen LogP contribution in [0.5, 0.6) is 5.75 Å². The molecule has 2 rings (SSSR count). The Labute approximate surface area is 120 Å². The summed E-state index contributed by atoms with van der Waals surface area (Å²) in [5.41, 5.74) is 0.624. The minimum Gasteiger partial charge on any atom is -0.497 e. The van der Waals surface area contributed by atoms with E-state index in [-0.39, 0.29) is 5.78 Å². The van der Waals surface area contributed by atoms with E-state index in [0.29, 0.717) is 16.2 Å². The molecule has 1 aromatic carbocycles. The molecule has 0 N–H and O–H groups in total. The summed E-state index contributed by atoms with van der Waals surface area (Å²) in [4.78, 5) is 12.9. The van der Waals surface area contributed by atoms with Gasteiger partial charge in [-0.25, -0.2) is 0 Å². The lowest BCUT2D eigenvalue weighted by atomic mass is 10.1. The average molecular weight is 376 g/mol. The average Bonchev–Trinajstić information content (AvgIpc) is 2.69. The molecule has 0 bridgehead atoms. The lowest BCUT2D eigenvalue weighted by molar-refractivity contribution is 0.104. The highest BCUT2D eigenvalue weighted by Crippen LogP contribution is 2.34. The van der Waals surface area contributed by atoms with Crippen molar-refractivity contribution in [1.29, 1.82) is 0 Å². The van der Waals surface area contributed by atoms with Gasteiger partial charge in [-0.15, -0.1) is 11.3 Å². The molecule has 2 aromatic rings. The van der Waals surface area contributed by atoms with Gasteiger partial charge in [-0.1, -0.05) is 12.1 Å². The van der Waals surface area contributed by atoms with Crippen molar-refractivity contribution in [2.45, 2.75) is 0 Å². The maximum atomic E-state index is 12.3. The molecule has 0 aliphatic heterocycles. The fourth-order valence-electron chi connectivity index (χ4n) is 1.37. The highest BCUT2D eigenvalue weighted by atomic mass is 79.9. The Kier molecular flexibility index (Phi) is 4.01. The molecule has 0 saturated carbocycles. The zero-order chi connectivity index (χ0) is 12.4. The molecule has 0 unspecified atom stereocenters. The van der Waals surface area contributed by atoms with Gasteiger partial charge in [-0.2, -0.15) is 0 Å². The van der Waals surface area contributed by atoms with Crippen molar-refractivity contribution in [3.05, 3.63) is 49.0 Å². The van der Waals surface area contributed by atoms with Gasteiger partial charge >= 0.3 is 0 Å². The van der Waals surface area contributed by atoms with Gasteiger partial charge in [0, 0.05) is 15.4 Å². The summed E-state index contributed by atoms with van der Waals surface area (Å²) in [6, 6.07) is 7.14. The van der Waals surface area contributed by atoms with Crippen molar-refractivity contribution >= 4 is 49.0 Å². The van der Waals surface area contributed by atoms with Crippen LogP contribution in [0.4, 0.5) is 0 Å². The van der Waals surface area contributed by atoms with Crippen LogP contribution in [0.25, 0.3) is 0 Å². The topological polar surface area (TPSA) is 26.3 Å². The second kappa shape index (κ2) is 5.33. The van der Waals surface area contributed by atoms with Crippen LogP contribution in [-0.2, 0) is 0 Å². The Morgan fingerprint density at radius 2 is 2.12 bits per heavy atom. The van der Waals surface area contributed by atoms with Crippen molar-refractivity contribution < 1.29 is 9.53 Å². The van der Waals surface area contributed by atoms with Gasteiger partial charge in [0.25, 0.3) is 0 Å². The first-order valence-electron chi connectivity index (χ1n) is 4.74. The first kappa shape index (κ1) is 12.8. The number of rotatable bonds is 3. The zero-order valence-corrected chi connectivity index (χ0v) is 12.9. The van der Waals surface area contributed by atoms with Gasteiger partial charge in [0.15, 0.2) is 0 Å². The highest BCUT2D eigenvalue weighted by Gasteiger charge is 2.17. The number of methoxy groups -OCH3 is 1. The largest absolute Gasteiger partial charge is 0.497 e. The second-order valence-electron chi connectivity index (χ2n) is 3.29. The molecular weight excluding hydrogens is 368 g/mol. The van der Waals surface area contributed by atoms with Crippen LogP contribution in [0.2, 0.25) is 0 Å². The predicted molar refractivity (Wildman–Crippen MR) is 76.1 cm³/mol. The van der Waals surface area contributed by atoms with Crippen molar-refractivity contribution in [3.63, 3.8) is 0 Å². The molecule has 17 heavy (non-hydrogen) atoms. The maximum absolute atomic E-state index is 12.3. The fraction of sp³-hybridized carbons (Fsp3) is 0.0833. The van der Waals surface area contributed by atoms with Crippen molar-refractivity contribution in [2.75, 3.05) is 7.11 Å². The number of halogens is 2. The Morgan fingerprint density at radius 3 is 2.71 bits per heavy atom.